The normalized spacial score (nSPS) is 37.1. The van der Waals surface area contributed by atoms with Crippen molar-refractivity contribution in [2.45, 2.75) is 112 Å². The fraction of sp³-hybridized carbons (Fsp3) is 0.833. The summed E-state index contributed by atoms with van der Waals surface area (Å²) in [6.07, 6.45) is -18.4. The van der Waals surface area contributed by atoms with Gasteiger partial charge in [0.15, 0.2) is 6.29 Å². The van der Waals surface area contributed by atoms with Crippen LogP contribution in [0.5, 0.6) is 0 Å². The summed E-state index contributed by atoms with van der Waals surface area (Å²) in [5, 5.41) is 93.1. The number of carbonyl (C=O) groups excluding carboxylic acids is 2. The smallest absolute Gasteiger partial charge is 0.345 e. The van der Waals surface area contributed by atoms with Crippen molar-refractivity contribution >= 4 is 23.8 Å². The topological polar surface area (TPSA) is 293 Å². The third kappa shape index (κ3) is 7.05. The van der Waals surface area contributed by atoms with E-state index in [0.29, 0.717) is 4.90 Å². The summed E-state index contributed by atoms with van der Waals surface area (Å²) in [6.45, 7) is -1.69. The molecule has 0 radical (unpaired) electrons. The Hall–Kier alpha value is -2.36. The summed E-state index contributed by atoms with van der Waals surface area (Å²) in [4.78, 5) is 49.3. The maximum atomic E-state index is 12.7. The molecule has 11 atom stereocenters. The van der Waals surface area contributed by atoms with Crippen LogP contribution in [-0.4, -0.2) is 155 Å². The zero-order valence-corrected chi connectivity index (χ0v) is 22.5. The van der Waals surface area contributed by atoms with Gasteiger partial charge >= 0.3 is 11.9 Å². The molecule has 0 aromatic heterocycles. The molecule has 3 aliphatic heterocycles. The summed E-state index contributed by atoms with van der Waals surface area (Å²) >= 11 is 0. The number of nitrogens with one attached hydrogen (secondary N) is 1. The van der Waals surface area contributed by atoms with E-state index in [4.69, 9.17) is 19.3 Å². The highest BCUT2D eigenvalue weighted by atomic mass is 16.7. The van der Waals surface area contributed by atoms with Crippen LogP contribution in [0.1, 0.15) is 44.9 Å². The zero-order chi connectivity index (χ0) is 31.4. The second kappa shape index (κ2) is 14.4. The first kappa shape index (κ1) is 34.1. The molecule has 2 unspecified atom stereocenters. The van der Waals surface area contributed by atoms with E-state index in [1.54, 1.807) is 0 Å². The molecule has 18 nitrogen and oxygen atoms in total. The first-order valence-corrected chi connectivity index (χ1v) is 13.5. The van der Waals surface area contributed by atoms with Crippen LogP contribution in [0.25, 0.3) is 0 Å². The van der Waals surface area contributed by atoms with Crippen molar-refractivity contribution in [1.29, 1.82) is 0 Å². The Labute approximate surface area is 239 Å². The number of hydrogen-bond donors (Lipinski definition) is 10. The molecule has 0 spiro atoms. The molecule has 0 aromatic rings. The fourth-order valence-corrected chi connectivity index (χ4v) is 5.29. The van der Waals surface area contributed by atoms with Crippen molar-refractivity contribution in [2.24, 2.45) is 0 Å². The predicted octanol–water partition coefficient (Wildman–Crippen LogP) is -4.83. The van der Waals surface area contributed by atoms with Crippen LogP contribution >= 0.6 is 0 Å². The Morgan fingerprint density at radius 3 is 2.00 bits per heavy atom. The van der Waals surface area contributed by atoms with E-state index in [9.17, 15) is 60.0 Å². The highest BCUT2D eigenvalue weighted by Crippen LogP contribution is 2.33. The molecule has 3 rings (SSSR count). The second-order valence-electron chi connectivity index (χ2n) is 10.4. The second-order valence-corrected chi connectivity index (χ2v) is 10.4. The largest absolute Gasteiger partial charge is 0.481 e. The van der Waals surface area contributed by atoms with Gasteiger partial charge in [-0.05, 0) is 19.3 Å². The first-order chi connectivity index (χ1) is 19.8. The van der Waals surface area contributed by atoms with E-state index < -0.39 is 110 Å². The minimum absolute atomic E-state index is 0.0290. The number of carboxylic acids is 2. The number of unbranched alkanes of at least 4 members (excludes halogenated alkanes) is 2. The number of ether oxygens (including phenoxy) is 3. The molecule has 10 N–H and O–H groups in total. The molecule has 0 bridgehead atoms. The number of amides is 2. The first-order valence-electron chi connectivity index (χ1n) is 13.5. The highest BCUT2D eigenvalue weighted by Gasteiger charge is 2.56. The average Bonchev–Trinajstić information content (AvgIpc) is 3.29. The zero-order valence-electron chi connectivity index (χ0n) is 22.5. The molecule has 3 saturated heterocycles. The van der Waals surface area contributed by atoms with E-state index in [0.717, 1.165) is 0 Å². The van der Waals surface area contributed by atoms with Gasteiger partial charge in [-0.15, -0.1) is 0 Å². The number of nitrogens with zero attached hydrogens (tertiary/aromatic N) is 1. The van der Waals surface area contributed by atoms with Gasteiger partial charge in [-0.1, -0.05) is 6.42 Å². The van der Waals surface area contributed by atoms with Crippen molar-refractivity contribution < 1.29 is 79.3 Å². The lowest BCUT2D eigenvalue weighted by atomic mass is 9.94. The summed E-state index contributed by atoms with van der Waals surface area (Å²) in [5.74, 6) is -4.41. The van der Waals surface area contributed by atoms with Crippen LogP contribution in [0.15, 0.2) is 0 Å². The van der Waals surface area contributed by atoms with Crippen molar-refractivity contribution in [2.75, 3.05) is 13.2 Å². The molecule has 18 heteroatoms. The lowest BCUT2D eigenvalue weighted by Crippen LogP contribution is -2.73. The number of imide groups is 1. The molecule has 3 fully saturated rings. The van der Waals surface area contributed by atoms with Crippen LogP contribution in [0.2, 0.25) is 0 Å². The molecular weight excluding hydrogens is 572 g/mol. The van der Waals surface area contributed by atoms with Gasteiger partial charge in [0.25, 0.3) is 0 Å². The number of carboxylic acid groups (broad SMARTS) is 2. The van der Waals surface area contributed by atoms with Crippen molar-refractivity contribution in [3.8, 4) is 0 Å². The van der Waals surface area contributed by atoms with Gasteiger partial charge in [0.1, 0.15) is 55.1 Å². The van der Waals surface area contributed by atoms with Crippen LogP contribution in [-0.2, 0) is 33.4 Å². The minimum Gasteiger partial charge on any atom is -0.481 e. The van der Waals surface area contributed by atoms with Gasteiger partial charge < -0.3 is 60.2 Å². The van der Waals surface area contributed by atoms with Gasteiger partial charge in [0, 0.05) is 19.3 Å². The molecule has 42 heavy (non-hydrogen) atoms. The standard InChI is InChI=1S/C24H38N2O16/c27-8-10-15(33)16(34)19(37)22(41-10)42-20-11(9-28)40-21(18(36)17(20)35)25-24(23(38)39,7-3-1-2-4-14(31)32)26-12(29)5-6-13(26)30/h10-11,15-22,25,27-28,33-37H,1-9H2,(H,31,32)(H,38,39)/t10-,11-,15+,16+,17-,18-,19-,20-,21?,22+,24?/m1/s1. The van der Waals surface area contributed by atoms with Crippen molar-refractivity contribution in [3.63, 3.8) is 0 Å². The van der Waals surface area contributed by atoms with E-state index in [1.165, 1.54) is 0 Å². The molecular formula is C24H38N2O16. The van der Waals surface area contributed by atoms with Crippen LogP contribution in [0.3, 0.4) is 0 Å². The van der Waals surface area contributed by atoms with E-state index in [1.807, 2.05) is 0 Å². The summed E-state index contributed by atoms with van der Waals surface area (Å²) in [7, 11) is 0. The summed E-state index contributed by atoms with van der Waals surface area (Å²) in [5.41, 5.74) is -2.48. The lowest BCUT2D eigenvalue weighted by Gasteiger charge is -2.48. The van der Waals surface area contributed by atoms with Crippen molar-refractivity contribution in [1.82, 2.24) is 10.2 Å². The van der Waals surface area contributed by atoms with E-state index in [2.05, 4.69) is 5.32 Å². The van der Waals surface area contributed by atoms with Gasteiger partial charge in [0.2, 0.25) is 17.5 Å². The molecule has 240 valence electrons. The Bertz CT molecular complexity index is 964. The van der Waals surface area contributed by atoms with Gasteiger partial charge in [-0.25, -0.2) is 4.79 Å². The van der Waals surface area contributed by atoms with E-state index in [-0.39, 0.29) is 38.5 Å². The molecule has 3 heterocycles. The molecule has 0 saturated carbocycles. The van der Waals surface area contributed by atoms with Gasteiger partial charge in [0.05, 0.1) is 13.2 Å². The number of hydrogen-bond acceptors (Lipinski definition) is 15. The number of carbonyl (C=O) groups is 4. The number of aliphatic hydroxyl groups excluding tert-OH is 7. The Morgan fingerprint density at radius 1 is 0.833 bits per heavy atom. The molecule has 2 amide bonds. The lowest BCUT2D eigenvalue weighted by molar-refractivity contribution is -0.344. The van der Waals surface area contributed by atoms with Gasteiger partial charge in [-0.3, -0.25) is 24.6 Å². The average molecular weight is 611 g/mol. The molecule has 0 aliphatic carbocycles. The highest BCUT2D eigenvalue weighted by molar-refractivity contribution is 6.06. The molecule has 0 aromatic carbocycles. The Kier molecular flexibility index (Phi) is 11.7. The third-order valence-corrected chi connectivity index (χ3v) is 7.60. The number of aliphatic hydroxyl groups is 7. The minimum atomic E-state index is -2.48. The fourth-order valence-electron chi connectivity index (χ4n) is 5.29. The van der Waals surface area contributed by atoms with Crippen LogP contribution in [0.4, 0.5) is 0 Å². The monoisotopic (exact) mass is 610 g/mol. The number of rotatable bonds is 14. The Balaban J connectivity index is 1.83. The maximum absolute atomic E-state index is 12.7. The SMILES string of the molecule is O=C(O)CCCCCC(NC1O[C@H](CO)[C@@H](O[C@@H]2O[C@H](CO)[C@H](O)[C@H](O)[C@H]2O)[C@H](O)[C@H]1O)(C(=O)O)N1C(=O)CCC1=O. The summed E-state index contributed by atoms with van der Waals surface area (Å²) in [6, 6.07) is 0. The third-order valence-electron chi connectivity index (χ3n) is 7.60. The van der Waals surface area contributed by atoms with E-state index >= 15 is 0 Å². The van der Waals surface area contributed by atoms with Crippen LogP contribution < -0.4 is 5.32 Å². The van der Waals surface area contributed by atoms with Crippen LogP contribution in [0, 0.1) is 0 Å². The number of aliphatic carboxylic acids is 2. The maximum Gasteiger partial charge on any atom is 0.345 e. The van der Waals surface area contributed by atoms with Gasteiger partial charge in [-0.2, -0.15) is 0 Å². The Morgan fingerprint density at radius 2 is 1.45 bits per heavy atom. The van der Waals surface area contributed by atoms with Crippen molar-refractivity contribution in [3.05, 3.63) is 0 Å². The molecule has 3 aliphatic rings. The summed E-state index contributed by atoms with van der Waals surface area (Å²) < 4.78 is 16.4. The number of likely N-dealkylation sites (tertiary alicyclic amines) is 1. The predicted molar refractivity (Wildman–Crippen MR) is 132 cm³/mol. The quantitative estimate of drug-likeness (QED) is 0.0651.